The monoisotopic (exact) mass is 346 g/mol. The molecule has 0 fully saturated rings. The molecule has 0 aliphatic carbocycles. The molecule has 130 valence electrons. The zero-order chi connectivity index (χ0) is 18.5. The van der Waals surface area contributed by atoms with E-state index in [1.54, 1.807) is 37.6 Å². The molecule has 0 aliphatic heterocycles. The SMILES string of the molecule is COc1cccc(C(NC(=O)c2ccc(C#N)cc2)c2nccn2C)c1. The Morgan fingerprint density at radius 2 is 2.04 bits per heavy atom. The third-order valence-corrected chi connectivity index (χ3v) is 4.10. The molecule has 0 saturated carbocycles. The van der Waals surface area contributed by atoms with Crippen molar-refractivity contribution in [3.63, 3.8) is 0 Å². The molecule has 1 heterocycles. The number of hydrogen-bond acceptors (Lipinski definition) is 4. The van der Waals surface area contributed by atoms with Crippen molar-refractivity contribution in [3.8, 4) is 11.8 Å². The van der Waals surface area contributed by atoms with E-state index in [-0.39, 0.29) is 5.91 Å². The summed E-state index contributed by atoms with van der Waals surface area (Å²) < 4.78 is 7.16. The maximum Gasteiger partial charge on any atom is 0.252 e. The van der Waals surface area contributed by atoms with Crippen molar-refractivity contribution in [2.75, 3.05) is 7.11 Å². The van der Waals surface area contributed by atoms with E-state index in [0.717, 1.165) is 5.56 Å². The summed E-state index contributed by atoms with van der Waals surface area (Å²) in [6.07, 6.45) is 3.52. The van der Waals surface area contributed by atoms with E-state index in [1.807, 2.05) is 48.1 Å². The number of aromatic nitrogens is 2. The summed E-state index contributed by atoms with van der Waals surface area (Å²) in [6, 6.07) is 15.6. The van der Waals surface area contributed by atoms with E-state index in [2.05, 4.69) is 10.3 Å². The average molecular weight is 346 g/mol. The van der Waals surface area contributed by atoms with Gasteiger partial charge in [0.15, 0.2) is 0 Å². The Morgan fingerprint density at radius 3 is 2.65 bits per heavy atom. The number of amides is 1. The van der Waals surface area contributed by atoms with Crippen molar-refractivity contribution < 1.29 is 9.53 Å². The Bertz CT molecular complexity index is 954. The number of nitrogens with one attached hydrogen (secondary N) is 1. The van der Waals surface area contributed by atoms with Gasteiger partial charge in [-0.3, -0.25) is 4.79 Å². The Kier molecular flexibility index (Phi) is 4.99. The van der Waals surface area contributed by atoms with Gasteiger partial charge in [0.1, 0.15) is 17.6 Å². The average Bonchev–Trinajstić information content (AvgIpc) is 3.11. The quantitative estimate of drug-likeness (QED) is 0.770. The van der Waals surface area contributed by atoms with Crippen LogP contribution in [-0.4, -0.2) is 22.6 Å². The van der Waals surface area contributed by atoms with Crippen LogP contribution in [0, 0.1) is 11.3 Å². The van der Waals surface area contributed by atoms with Gasteiger partial charge in [-0.25, -0.2) is 4.98 Å². The van der Waals surface area contributed by atoms with Gasteiger partial charge in [-0.05, 0) is 42.0 Å². The normalized spacial score (nSPS) is 11.4. The number of ether oxygens (including phenoxy) is 1. The molecule has 1 aromatic heterocycles. The second-order valence-electron chi connectivity index (χ2n) is 5.77. The lowest BCUT2D eigenvalue weighted by Crippen LogP contribution is -2.31. The molecule has 2 aromatic carbocycles. The maximum absolute atomic E-state index is 12.7. The maximum atomic E-state index is 12.7. The number of nitrogens with zero attached hydrogens (tertiary/aromatic N) is 3. The third-order valence-electron chi connectivity index (χ3n) is 4.10. The predicted molar refractivity (Wildman–Crippen MR) is 96.7 cm³/mol. The van der Waals surface area contributed by atoms with Crippen LogP contribution < -0.4 is 10.1 Å². The van der Waals surface area contributed by atoms with Crippen LogP contribution in [0.5, 0.6) is 5.75 Å². The first-order chi connectivity index (χ1) is 12.6. The molecule has 3 rings (SSSR count). The van der Waals surface area contributed by atoms with Gasteiger partial charge in [0, 0.05) is 25.0 Å². The Hall–Kier alpha value is -3.59. The van der Waals surface area contributed by atoms with Crippen LogP contribution in [0.3, 0.4) is 0 Å². The number of imidazole rings is 1. The number of carbonyl (C=O) groups is 1. The highest BCUT2D eigenvalue weighted by Gasteiger charge is 2.22. The molecular weight excluding hydrogens is 328 g/mol. The molecule has 1 amide bonds. The number of aryl methyl sites for hydroxylation is 1. The van der Waals surface area contributed by atoms with E-state index >= 15 is 0 Å². The lowest BCUT2D eigenvalue weighted by atomic mass is 10.0. The van der Waals surface area contributed by atoms with Gasteiger partial charge >= 0.3 is 0 Å². The minimum Gasteiger partial charge on any atom is -0.497 e. The zero-order valence-corrected chi connectivity index (χ0v) is 14.5. The highest BCUT2D eigenvalue weighted by atomic mass is 16.5. The lowest BCUT2D eigenvalue weighted by molar-refractivity contribution is 0.0941. The largest absolute Gasteiger partial charge is 0.497 e. The molecule has 0 radical (unpaired) electrons. The van der Waals surface area contributed by atoms with Crippen molar-refractivity contribution in [2.45, 2.75) is 6.04 Å². The Morgan fingerprint density at radius 1 is 1.27 bits per heavy atom. The fraction of sp³-hybridized carbons (Fsp3) is 0.150. The van der Waals surface area contributed by atoms with Gasteiger partial charge in [-0.1, -0.05) is 12.1 Å². The Labute approximate surface area is 151 Å². The minimum absolute atomic E-state index is 0.245. The van der Waals surface area contributed by atoms with E-state index in [1.165, 1.54) is 0 Å². The number of rotatable bonds is 5. The summed E-state index contributed by atoms with van der Waals surface area (Å²) in [5, 5.41) is 11.9. The van der Waals surface area contributed by atoms with E-state index in [0.29, 0.717) is 22.7 Å². The molecule has 0 bridgehead atoms. The number of nitriles is 1. The lowest BCUT2D eigenvalue weighted by Gasteiger charge is -2.20. The van der Waals surface area contributed by atoms with E-state index < -0.39 is 6.04 Å². The fourth-order valence-corrected chi connectivity index (χ4v) is 2.68. The van der Waals surface area contributed by atoms with Crippen molar-refractivity contribution in [1.82, 2.24) is 14.9 Å². The molecule has 0 aliphatic rings. The van der Waals surface area contributed by atoms with E-state index in [9.17, 15) is 4.79 Å². The van der Waals surface area contributed by atoms with Gasteiger partial charge in [0.05, 0.1) is 18.7 Å². The van der Waals surface area contributed by atoms with Crippen LogP contribution in [-0.2, 0) is 7.05 Å². The van der Waals surface area contributed by atoms with Crippen LogP contribution in [0.4, 0.5) is 0 Å². The molecular formula is C20H18N4O2. The number of methoxy groups -OCH3 is 1. The van der Waals surface area contributed by atoms with Crippen LogP contribution in [0.2, 0.25) is 0 Å². The van der Waals surface area contributed by atoms with E-state index in [4.69, 9.17) is 10.00 Å². The molecule has 0 saturated heterocycles. The molecule has 0 spiro atoms. The summed E-state index contributed by atoms with van der Waals surface area (Å²) in [6.45, 7) is 0. The standard InChI is InChI=1S/C20H18N4O2/c1-24-11-10-22-19(24)18(16-4-3-5-17(12-16)26-2)23-20(25)15-8-6-14(13-21)7-9-15/h3-12,18H,1-2H3,(H,23,25). The fourth-order valence-electron chi connectivity index (χ4n) is 2.68. The molecule has 6 nitrogen and oxygen atoms in total. The summed E-state index contributed by atoms with van der Waals surface area (Å²) in [5.74, 6) is 1.17. The first-order valence-electron chi connectivity index (χ1n) is 8.04. The number of hydrogen-bond donors (Lipinski definition) is 1. The number of carbonyl (C=O) groups excluding carboxylic acids is 1. The summed E-state index contributed by atoms with van der Waals surface area (Å²) in [5.41, 5.74) is 1.85. The van der Waals surface area contributed by atoms with Gasteiger partial charge < -0.3 is 14.6 Å². The van der Waals surface area contributed by atoms with Gasteiger partial charge in [0.2, 0.25) is 0 Å². The van der Waals surface area contributed by atoms with Crippen molar-refractivity contribution in [2.24, 2.45) is 7.05 Å². The third kappa shape index (κ3) is 3.57. The summed E-state index contributed by atoms with van der Waals surface area (Å²) in [4.78, 5) is 17.1. The second-order valence-corrected chi connectivity index (χ2v) is 5.77. The molecule has 1 atom stereocenters. The second kappa shape index (κ2) is 7.53. The Balaban J connectivity index is 1.94. The predicted octanol–water partition coefficient (Wildman–Crippen LogP) is 2.82. The first kappa shape index (κ1) is 17.2. The van der Waals surface area contributed by atoms with Crippen LogP contribution in [0.25, 0.3) is 0 Å². The van der Waals surface area contributed by atoms with Crippen molar-refractivity contribution >= 4 is 5.91 Å². The summed E-state index contributed by atoms with van der Waals surface area (Å²) >= 11 is 0. The first-order valence-corrected chi connectivity index (χ1v) is 8.04. The minimum atomic E-state index is -0.437. The molecule has 1 N–H and O–H groups in total. The smallest absolute Gasteiger partial charge is 0.252 e. The zero-order valence-electron chi connectivity index (χ0n) is 14.5. The number of benzene rings is 2. The highest BCUT2D eigenvalue weighted by Crippen LogP contribution is 2.24. The highest BCUT2D eigenvalue weighted by molar-refractivity contribution is 5.94. The molecule has 3 aromatic rings. The van der Waals surface area contributed by atoms with Crippen molar-refractivity contribution in [3.05, 3.63) is 83.4 Å². The molecule has 26 heavy (non-hydrogen) atoms. The van der Waals surface area contributed by atoms with Crippen molar-refractivity contribution in [1.29, 1.82) is 5.26 Å². The van der Waals surface area contributed by atoms with Gasteiger partial charge in [0.25, 0.3) is 5.91 Å². The van der Waals surface area contributed by atoms with Gasteiger partial charge in [-0.15, -0.1) is 0 Å². The topological polar surface area (TPSA) is 79.9 Å². The molecule has 1 unspecified atom stereocenters. The summed E-state index contributed by atoms with van der Waals surface area (Å²) in [7, 11) is 3.48. The molecule has 6 heteroatoms. The van der Waals surface area contributed by atoms with Gasteiger partial charge in [-0.2, -0.15) is 5.26 Å². The van der Waals surface area contributed by atoms with Crippen LogP contribution in [0.1, 0.15) is 33.4 Å². The van der Waals surface area contributed by atoms with Crippen LogP contribution >= 0.6 is 0 Å². The van der Waals surface area contributed by atoms with Crippen LogP contribution in [0.15, 0.2) is 60.9 Å².